The first kappa shape index (κ1) is 13.6. The van der Waals surface area contributed by atoms with Gasteiger partial charge in [-0.3, -0.25) is 9.59 Å². The number of hydrogen-bond acceptors (Lipinski definition) is 4. The molecule has 0 spiro atoms. The van der Waals surface area contributed by atoms with Gasteiger partial charge in [-0.2, -0.15) is 5.26 Å². The van der Waals surface area contributed by atoms with Crippen LogP contribution in [0.3, 0.4) is 0 Å². The van der Waals surface area contributed by atoms with Crippen molar-refractivity contribution >= 4 is 11.8 Å². The Kier molecular flexibility index (Phi) is 3.37. The van der Waals surface area contributed by atoms with E-state index in [-0.39, 0.29) is 16.8 Å². The van der Waals surface area contributed by atoms with Gasteiger partial charge in [0, 0.05) is 11.1 Å². The molecule has 18 heavy (non-hydrogen) atoms. The summed E-state index contributed by atoms with van der Waals surface area (Å²) in [6.45, 7) is 5.18. The standard InChI is InChI=1S/C12H12N2O4/c1-12(2,3)9-7(8(15)11(17)18)4-6(5-13)10(16)14-9/h4H,1-3H3,(H,14,16)(H,17,18). The van der Waals surface area contributed by atoms with Crippen LogP contribution in [0.1, 0.15) is 42.4 Å². The predicted molar refractivity (Wildman–Crippen MR) is 62.4 cm³/mol. The van der Waals surface area contributed by atoms with Crippen LogP contribution in [0.5, 0.6) is 0 Å². The Morgan fingerprint density at radius 3 is 2.33 bits per heavy atom. The maximum absolute atomic E-state index is 11.6. The summed E-state index contributed by atoms with van der Waals surface area (Å²) in [6, 6.07) is 2.64. The lowest BCUT2D eigenvalue weighted by molar-refractivity contribution is -0.131. The lowest BCUT2D eigenvalue weighted by Crippen LogP contribution is -2.27. The highest BCUT2D eigenvalue weighted by molar-refractivity contribution is 6.40. The molecule has 0 amide bonds. The summed E-state index contributed by atoms with van der Waals surface area (Å²) in [4.78, 5) is 36.2. The minimum absolute atomic E-state index is 0.161. The number of carbonyl (C=O) groups excluding carboxylic acids is 1. The van der Waals surface area contributed by atoms with E-state index in [0.717, 1.165) is 6.07 Å². The summed E-state index contributed by atoms with van der Waals surface area (Å²) in [5, 5.41) is 17.5. The molecule has 6 nitrogen and oxygen atoms in total. The second-order valence-electron chi connectivity index (χ2n) is 4.80. The molecule has 0 aliphatic carbocycles. The number of nitriles is 1. The number of pyridine rings is 1. The number of nitrogens with zero attached hydrogens (tertiary/aromatic N) is 1. The fourth-order valence-electron chi connectivity index (χ4n) is 1.50. The van der Waals surface area contributed by atoms with Crippen molar-refractivity contribution in [1.82, 2.24) is 4.98 Å². The van der Waals surface area contributed by atoms with E-state index in [9.17, 15) is 14.4 Å². The summed E-state index contributed by atoms with van der Waals surface area (Å²) in [5.41, 5.74) is -1.49. The van der Waals surface area contributed by atoms with Gasteiger partial charge in [-0.25, -0.2) is 4.79 Å². The van der Waals surface area contributed by atoms with Crippen molar-refractivity contribution < 1.29 is 14.7 Å². The van der Waals surface area contributed by atoms with Crippen LogP contribution in [0.15, 0.2) is 10.9 Å². The van der Waals surface area contributed by atoms with E-state index < -0.39 is 22.7 Å². The Hall–Kier alpha value is -2.42. The van der Waals surface area contributed by atoms with E-state index in [4.69, 9.17) is 10.4 Å². The molecule has 2 N–H and O–H groups in total. The third-order valence-electron chi connectivity index (χ3n) is 2.35. The number of rotatable bonds is 2. The van der Waals surface area contributed by atoms with Gasteiger partial charge in [0.2, 0.25) is 0 Å². The fourth-order valence-corrected chi connectivity index (χ4v) is 1.50. The van der Waals surface area contributed by atoms with Crippen molar-refractivity contribution in [2.45, 2.75) is 26.2 Å². The largest absolute Gasteiger partial charge is 0.475 e. The first-order chi connectivity index (χ1) is 8.18. The molecule has 0 saturated heterocycles. The highest BCUT2D eigenvalue weighted by atomic mass is 16.4. The molecule has 0 unspecified atom stereocenters. The van der Waals surface area contributed by atoms with Gasteiger partial charge in [0.1, 0.15) is 11.6 Å². The number of carbonyl (C=O) groups is 2. The van der Waals surface area contributed by atoms with Gasteiger partial charge in [-0.15, -0.1) is 0 Å². The normalized spacial score (nSPS) is 10.8. The van der Waals surface area contributed by atoms with Crippen LogP contribution in [0.25, 0.3) is 0 Å². The summed E-state index contributed by atoms with van der Waals surface area (Å²) < 4.78 is 0. The molecule has 1 heterocycles. The highest BCUT2D eigenvalue weighted by Crippen LogP contribution is 2.23. The van der Waals surface area contributed by atoms with Gasteiger partial charge in [-0.1, -0.05) is 20.8 Å². The van der Waals surface area contributed by atoms with Crippen LogP contribution in [0.2, 0.25) is 0 Å². The molecule has 0 aliphatic heterocycles. The number of hydrogen-bond donors (Lipinski definition) is 2. The molecule has 6 heteroatoms. The predicted octanol–water partition coefficient (Wildman–Crippen LogP) is 0.811. The highest BCUT2D eigenvalue weighted by Gasteiger charge is 2.27. The minimum atomic E-state index is -1.63. The van der Waals surface area contributed by atoms with E-state index in [1.165, 1.54) is 0 Å². The molecule has 1 rings (SSSR count). The number of aromatic amines is 1. The van der Waals surface area contributed by atoms with Gasteiger partial charge >= 0.3 is 5.97 Å². The number of Topliss-reactive ketones (excluding diaryl/α,β-unsaturated/α-hetero) is 1. The zero-order chi connectivity index (χ0) is 14.1. The molecule has 0 aromatic carbocycles. The zero-order valence-electron chi connectivity index (χ0n) is 10.2. The second kappa shape index (κ2) is 4.45. The molecule has 0 radical (unpaired) electrons. The van der Waals surface area contributed by atoms with Gasteiger partial charge in [0.05, 0.1) is 5.56 Å². The van der Waals surface area contributed by atoms with Crippen molar-refractivity contribution in [3.8, 4) is 6.07 Å². The number of carboxylic acids is 1. The molecule has 0 saturated carbocycles. The summed E-state index contributed by atoms with van der Waals surface area (Å²) >= 11 is 0. The Balaban J connectivity index is 3.67. The SMILES string of the molecule is CC(C)(C)c1[nH]c(=O)c(C#N)cc1C(=O)C(=O)O. The monoisotopic (exact) mass is 248 g/mol. The zero-order valence-corrected chi connectivity index (χ0v) is 10.2. The fraction of sp³-hybridized carbons (Fsp3) is 0.333. The number of aromatic nitrogens is 1. The molecule has 1 aromatic heterocycles. The smallest absolute Gasteiger partial charge is 0.377 e. The van der Waals surface area contributed by atoms with Gasteiger partial charge in [0.25, 0.3) is 11.3 Å². The third-order valence-corrected chi connectivity index (χ3v) is 2.35. The Morgan fingerprint density at radius 1 is 1.39 bits per heavy atom. The molecule has 94 valence electrons. The molecule has 0 aliphatic rings. The quantitative estimate of drug-likeness (QED) is 0.594. The minimum Gasteiger partial charge on any atom is -0.475 e. The van der Waals surface area contributed by atoms with Crippen molar-refractivity contribution in [1.29, 1.82) is 5.26 Å². The Bertz CT molecular complexity index is 614. The van der Waals surface area contributed by atoms with Gasteiger partial charge < -0.3 is 10.1 Å². The Labute approximate surface area is 103 Å². The molecule has 0 bridgehead atoms. The number of H-pyrrole nitrogens is 1. The third kappa shape index (κ3) is 2.46. The van der Waals surface area contributed by atoms with Gasteiger partial charge in [-0.05, 0) is 6.07 Å². The van der Waals surface area contributed by atoms with Crippen LogP contribution in [0.4, 0.5) is 0 Å². The van der Waals surface area contributed by atoms with Crippen molar-refractivity contribution in [3.05, 3.63) is 33.2 Å². The van der Waals surface area contributed by atoms with E-state index in [0.29, 0.717) is 0 Å². The molecule has 0 fully saturated rings. The van der Waals surface area contributed by atoms with Crippen LogP contribution in [0, 0.1) is 11.3 Å². The first-order valence-electron chi connectivity index (χ1n) is 5.14. The van der Waals surface area contributed by atoms with E-state index >= 15 is 0 Å². The second-order valence-corrected chi connectivity index (χ2v) is 4.80. The first-order valence-corrected chi connectivity index (χ1v) is 5.14. The number of aliphatic carboxylic acids is 1. The number of carboxylic acid groups (broad SMARTS) is 1. The summed E-state index contributed by atoms with van der Waals surface area (Å²) in [6.07, 6.45) is 0. The maximum Gasteiger partial charge on any atom is 0.377 e. The molecule has 0 atom stereocenters. The lowest BCUT2D eigenvalue weighted by atomic mass is 9.86. The summed E-state index contributed by atoms with van der Waals surface area (Å²) in [7, 11) is 0. The topological polar surface area (TPSA) is 111 Å². The maximum atomic E-state index is 11.6. The molecular formula is C12H12N2O4. The van der Waals surface area contributed by atoms with E-state index in [2.05, 4.69) is 4.98 Å². The van der Waals surface area contributed by atoms with Crippen molar-refractivity contribution in [3.63, 3.8) is 0 Å². The van der Waals surface area contributed by atoms with Crippen LogP contribution < -0.4 is 5.56 Å². The van der Waals surface area contributed by atoms with Gasteiger partial charge in [0.15, 0.2) is 0 Å². The van der Waals surface area contributed by atoms with E-state index in [1.807, 2.05) is 0 Å². The van der Waals surface area contributed by atoms with Crippen LogP contribution in [-0.2, 0) is 10.2 Å². The van der Waals surface area contributed by atoms with Crippen molar-refractivity contribution in [2.75, 3.05) is 0 Å². The molecule has 1 aromatic rings. The lowest BCUT2D eigenvalue weighted by Gasteiger charge is -2.21. The van der Waals surface area contributed by atoms with Crippen molar-refractivity contribution in [2.24, 2.45) is 0 Å². The van der Waals surface area contributed by atoms with Crippen LogP contribution in [-0.4, -0.2) is 21.8 Å². The average molecular weight is 248 g/mol. The van der Waals surface area contributed by atoms with E-state index in [1.54, 1.807) is 26.8 Å². The molecular weight excluding hydrogens is 236 g/mol. The average Bonchev–Trinajstić information content (AvgIpc) is 2.26. The number of nitrogens with one attached hydrogen (secondary N) is 1. The van der Waals surface area contributed by atoms with Crippen LogP contribution >= 0.6 is 0 Å². The number of ketones is 1. The summed E-state index contributed by atoms with van der Waals surface area (Å²) in [5.74, 6) is -2.77. The Morgan fingerprint density at radius 2 is 1.94 bits per heavy atom.